The molecule has 1 aromatic heterocycles. The Balaban J connectivity index is 1.38. The number of aromatic nitrogens is 1. The Morgan fingerprint density at radius 1 is 0.610 bits per heavy atom. The van der Waals surface area contributed by atoms with Gasteiger partial charge in [-0.1, -0.05) is 80.4 Å². The van der Waals surface area contributed by atoms with Crippen molar-refractivity contribution in [2.75, 3.05) is 13.2 Å². The summed E-state index contributed by atoms with van der Waals surface area (Å²) in [6.07, 6.45) is 11.7. The smallest absolute Gasteiger partial charge is 0.0497 e. The summed E-state index contributed by atoms with van der Waals surface area (Å²) in [6.45, 7) is 7.15. The van der Waals surface area contributed by atoms with Crippen molar-refractivity contribution >= 4 is 55.5 Å². The topological polar surface area (TPSA) is 14.2 Å². The van der Waals surface area contributed by atoms with Crippen LogP contribution in [0.3, 0.4) is 0 Å². The molecule has 0 unspecified atom stereocenters. The van der Waals surface area contributed by atoms with E-state index >= 15 is 0 Å². The SMILES string of the molecule is C/C=c1/cccc/c1=C/c1ccc2c(c1)c1cc3cc4ccccc4cc3cc1n2CCCCCOCCCCC. The van der Waals surface area contributed by atoms with Crippen molar-refractivity contribution in [2.45, 2.75) is 58.9 Å². The normalized spacial score (nSPS) is 12.9. The van der Waals surface area contributed by atoms with Gasteiger partial charge < -0.3 is 9.30 Å². The molecular formula is C39H41NO. The number of aryl methyl sites for hydroxylation is 1. The van der Waals surface area contributed by atoms with E-state index in [0.717, 1.165) is 32.6 Å². The van der Waals surface area contributed by atoms with Crippen LogP contribution in [-0.2, 0) is 11.3 Å². The van der Waals surface area contributed by atoms with Gasteiger partial charge in [0.1, 0.15) is 0 Å². The molecule has 41 heavy (non-hydrogen) atoms. The molecule has 1 heterocycles. The highest BCUT2D eigenvalue weighted by Gasteiger charge is 2.13. The van der Waals surface area contributed by atoms with Crippen LogP contribution in [0, 0.1) is 0 Å². The molecule has 208 valence electrons. The van der Waals surface area contributed by atoms with Crippen LogP contribution in [0.2, 0.25) is 0 Å². The molecule has 0 aliphatic carbocycles. The van der Waals surface area contributed by atoms with E-state index in [4.69, 9.17) is 4.74 Å². The van der Waals surface area contributed by atoms with Gasteiger partial charge in [0.2, 0.25) is 0 Å². The number of benzene rings is 5. The Morgan fingerprint density at radius 2 is 1.29 bits per heavy atom. The lowest BCUT2D eigenvalue weighted by molar-refractivity contribution is 0.126. The predicted octanol–water partition coefficient (Wildman–Crippen LogP) is 9.11. The standard InChI is InChI=1S/C39H41NO/c1-3-5-12-21-41-22-13-6-11-20-40-38-19-18-29(23-31-15-8-7-14-30(31)4-2)24-36(38)37-27-34-25-32-16-9-10-17-33(32)26-35(34)28-39(37)40/h4,7-10,14-19,23-28H,3,5-6,11-13,20-22H2,1-2H3/b30-4-,31-23-. The summed E-state index contributed by atoms with van der Waals surface area (Å²) >= 11 is 0. The van der Waals surface area contributed by atoms with Crippen molar-refractivity contribution in [1.29, 1.82) is 0 Å². The number of fused-ring (bicyclic) bond motifs is 5. The van der Waals surface area contributed by atoms with Gasteiger partial charge in [-0.25, -0.2) is 0 Å². The summed E-state index contributed by atoms with van der Waals surface area (Å²) in [7, 11) is 0. The third kappa shape index (κ3) is 5.94. The molecule has 0 N–H and O–H groups in total. The van der Waals surface area contributed by atoms with Crippen LogP contribution in [0.25, 0.3) is 55.5 Å². The van der Waals surface area contributed by atoms with E-state index < -0.39 is 0 Å². The number of rotatable bonds is 11. The molecule has 0 saturated heterocycles. The Hall–Kier alpha value is -3.88. The Labute approximate surface area is 243 Å². The fraction of sp³-hybridized carbons (Fsp3) is 0.282. The van der Waals surface area contributed by atoms with Crippen LogP contribution in [0.5, 0.6) is 0 Å². The average Bonchev–Trinajstić information content (AvgIpc) is 3.29. The van der Waals surface area contributed by atoms with Crippen LogP contribution in [0.4, 0.5) is 0 Å². The van der Waals surface area contributed by atoms with E-state index in [1.165, 1.54) is 85.0 Å². The van der Waals surface area contributed by atoms with Gasteiger partial charge in [-0.15, -0.1) is 0 Å². The summed E-state index contributed by atoms with van der Waals surface area (Å²) in [5.41, 5.74) is 3.89. The van der Waals surface area contributed by atoms with E-state index in [2.05, 4.69) is 122 Å². The molecule has 0 amide bonds. The molecule has 0 aliphatic heterocycles. The van der Waals surface area contributed by atoms with Gasteiger partial charge in [0, 0.05) is 41.6 Å². The minimum atomic E-state index is 0.879. The third-order valence-electron chi connectivity index (χ3n) is 8.40. The maximum atomic E-state index is 5.86. The number of nitrogens with zero attached hydrogens (tertiary/aromatic N) is 1. The van der Waals surface area contributed by atoms with Gasteiger partial charge in [-0.3, -0.25) is 0 Å². The van der Waals surface area contributed by atoms with Crippen molar-refractivity contribution in [3.05, 3.63) is 107 Å². The minimum Gasteiger partial charge on any atom is -0.381 e. The van der Waals surface area contributed by atoms with Gasteiger partial charge in [0.25, 0.3) is 0 Å². The molecule has 0 spiro atoms. The van der Waals surface area contributed by atoms with Crippen molar-refractivity contribution in [3.8, 4) is 0 Å². The largest absolute Gasteiger partial charge is 0.381 e. The zero-order valence-corrected chi connectivity index (χ0v) is 24.5. The van der Waals surface area contributed by atoms with Crippen molar-refractivity contribution in [3.63, 3.8) is 0 Å². The first-order valence-electron chi connectivity index (χ1n) is 15.4. The van der Waals surface area contributed by atoms with E-state index in [9.17, 15) is 0 Å². The maximum Gasteiger partial charge on any atom is 0.0497 e. The number of hydrogen-bond donors (Lipinski definition) is 0. The molecule has 0 bridgehead atoms. The van der Waals surface area contributed by atoms with E-state index in [1.54, 1.807) is 0 Å². The summed E-state index contributed by atoms with van der Waals surface area (Å²) in [6, 6.07) is 33.8. The highest BCUT2D eigenvalue weighted by atomic mass is 16.5. The summed E-state index contributed by atoms with van der Waals surface area (Å²) < 4.78 is 8.42. The molecule has 0 radical (unpaired) electrons. The summed E-state index contributed by atoms with van der Waals surface area (Å²) in [5.74, 6) is 0. The minimum absolute atomic E-state index is 0.879. The van der Waals surface area contributed by atoms with E-state index in [0.29, 0.717) is 0 Å². The summed E-state index contributed by atoms with van der Waals surface area (Å²) in [4.78, 5) is 0. The van der Waals surface area contributed by atoms with Crippen molar-refractivity contribution in [1.82, 2.24) is 4.57 Å². The number of ether oxygens (including phenoxy) is 1. The lowest BCUT2D eigenvalue weighted by Gasteiger charge is -2.09. The van der Waals surface area contributed by atoms with Gasteiger partial charge in [0.15, 0.2) is 0 Å². The fourth-order valence-electron chi connectivity index (χ4n) is 6.18. The van der Waals surface area contributed by atoms with Crippen LogP contribution < -0.4 is 10.4 Å². The second-order valence-corrected chi connectivity index (χ2v) is 11.3. The average molecular weight is 540 g/mol. The maximum absolute atomic E-state index is 5.86. The first-order chi connectivity index (χ1) is 20.2. The van der Waals surface area contributed by atoms with Crippen LogP contribution in [-0.4, -0.2) is 17.8 Å². The first kappa shape index (κ1) is 27.3. The molecule has 2 nitrogen and oxygen atoms in total. The van der Waals surface area contributed by atoms with Crippen LogP contribution >= 0.6 is 0 Å². The second kappa shape index (κ2) is 12.7. The monoisotopic (exact) mass is 539 g/mol. The van der Waals surface area contributed by atoms with Gasteiger partial charge >= 0.3 is 0 Å². The summed E-state index contributed by atoms with van der Waals surface area (Å²) in [5, 5.41) is 10.4. The van der Waals surface area contributed by atoms with Gasteiger partial charge in [-0.05, 0) is 113 Å². The second-order valence-electron chi connectivity index (χ2n) is 11.3. The van der Waals surface area contributed by atoms with Crippen LogP contribution in [0.15, 0.2) is 91.0 Å². The van der Waals surface area contributed by atoms with Gasteiger partial charge in [0.05, 0.1) is 0 Å². The zero-order chi connectivity index (χ0) is 28.0. The highest BCUT2D eigenvalue weighted by Crippen LogP contribution is 2.35. The number of unbranched alkanes of at least 4 members (excludes halogenated alkanes) is 4. The molecule has 6 rings (SSSR count). The first-order valence-corrected chi connectivity index (χ1v) is 15.4. The van der Waals surface area contributed by atoms with Crippen molar-refractivity contribution < 1.29 is 4.74 Å². The third-order valence-corrected chi connectivity index (χ3v) is 8.40. The van der Waals surface area contributed by atoms with E-state index in [-0.39, 0.29) is 0 Å². The lowest BCUT2D eigenvalue weighted by atomic mass is 10.0. The molecule has 0 aliphatic rings. The Kier molecular flexibility index (Phi) is 8.49. The fourth-order valence-corrected chi connectivity index (χ4v) is 6.18. The highest BCUT2D eigenvalue weighted by molar-refractivity contribution is 6.14. The van der Waals surface area contributed by atoms with Crippen LogP contribution in [0.1, 0.15) is 57.9 Å². The molecular weight excluding hydrogens is 498 g/mol. The van der Waals surface area contributed by atoms with E-state index in [1.807, 2.05) is 0 Å². The zero-order valence-electron chi connectivity index (χ0n) is 24.5. The van der Waals surface area contributed by atoms with Gasteiger partial charge in [-0.2, -0.15) is 0 Å². The molecule has 0 fully saturated rings. The molecule has 5 aromatic carbocycles. The molecule has 6 aromatic rings. The molecule has 2 heteroatoms. The molecule has 0 saturated carbocycles. The molecule has 0 atom stereocenters. The number of hydrogen-bond acceptors (Lipinski definition) is 1. The van der Waals surface area contributed by atoms with Crippen molar-refractivity contribution in [2.24, 2.45) is 0 Å². The quantitative estimate of drug-likeness (QED) is 0.118. The predicted molar refractivity (Wildman–Crippen MR) is 178 cm³/mol. The Bertz CT molecular complexity index is 1930. The lowest BCUT2D eigenvalue weighted by Crippen LogP contribution is -2.23. The Morgan fingerprint density at radius 3 is 2.05 bits per heavy atom.